The van der Waals surface area contributed by atoms with Gasteiger partial charge in [0.15, 0.2) is 0 Å². The van der Waals surface area contributed by atoms with Crippen molar-refractivity contribution in [2.24, 2.45) is 0 Å². The minimum Gasteiger partial charge on any atom is -0.368 e. The number of aryl methyl sites for hydroxylation is 2. The van der Waals surface area contributed by atoms with Crippen LogP contribution in [0.2, 0.25) is 0 Å². The third-order valence-electron chi connectivity index (χ3n) is 5.92. The molecule has 1 aromatic heterocycles. The number of hydrogen-bond acceptors (Lipinski definition) is 5. The summed E-state index contributed by atoms with van der Waals surface area (Å²) in [4.78, 5) is 18.6. The number of hydrogen-bond donors (Lipinski definition) is 2. The van der Waals surface area contributed by atoms with Crippen LogP contribution in [0.15, 0.2) is 71.9 Å². The fourth-order valence-corrected chi connectivity index (χ4v) is 5.60. The molecule has 0 atom stereocenters. The number of aromatic nitrogens is 1. The van der Waals surface area contributed by atoms with Gasteiger partial charge in [0.2, 0.25) is 10.0 Å². The first kappa shape index (κ1) is 23.7. The van der Waals surface area contributed by atoms with Crippen molar-refractivity contribution < 1.29 is 13.2 Å². The van der Waals surface area contributed by atoms with E-state index in [4.69, 9.17) is 0 Å². The summed E-state index contributed by atoms with van der Waals surface area (Å²) < 4.78 is 27.8. The Kier molecular flexibility index (Phi) is 7.14. The first-order valence-electron chi connectivity index (χ1n) is 11.2. The van der Waals surface area contributed by atoms with Crippen molar-refractivity contribution in [2.75, 3.05) is 36.4 Å². The summed E-state index contributed by atoms with van der Waals surface area (Å²) in [6, 6.07) is 15.8. The average Bonchev–Trinajstić information content (AvgIpc) is 2.84. The fraction of sp³-hybridized carbons (Fsp3) is 0.280. The van der Waals surface area contributed by atoms with Crippen molar-refractivity contribution >= 4 is 27.4 Å². The van der Waals surface area contributed by atoms with Crippen LogP contribution in [0.4, 0.5) is 16.2 Å². The van der Waals surface area contributed by atoms with Gasteiger partial charge in [0, 0.05) is 56.5 Å². The molecular formula is C25H29N5O3S. The molecule has 2 aromatic carbocycles. The van der Waals surface area contributed by atoms with Gasteiger partial charge in [-0.25, -0.2) is 13.2 Å². The standard InChI is InChI=1S/C25H29N5O3S/c1-19-5-3-6-20(2)24(19)29-13-15-30(16-14-29)34(32,33)23-10-8-22(9-11-23)28-25(31)27-18-21-7-4-12-26-17-21/h3-12,17H,13-16,18H2,1-2H3,(H2,27,28,31). The number of piperazine rings is 1. The number of para-hydroxylation sites is 1. The van der Waals surface area contributed by atoms with Crippen LogP contribution < -0.4 is 15.5 Å². The molecule has 1 aliphatic rings. The molecule has 178 valence electrons. The van der Waals surface area contributed by atoms with Crippen LogP contribution in [0, 0.1) is 13.8 Å². The molecule has 3 aromatic rings. The summed E-state index contributed by atoms with van der Waals surface area (Å²) in [5.74, 6) is 0. The highest BCUT2D eigenvalue weighted by Gasteiger charge is 2.29. The highest BCUT2D eigenvalue weighted by atomic mass is 32.2. The van der Waals surface area contributed by atoms with Gasteiger partial charge in [-0.1, -0.05) is 24.3 Å². The van der Waals surface area contributed by atoms with Gasteiger partial charge in [-0.05, 0) is 60.9 Å². The van der Waals surface area contributed by atoms with Crippen molar-refractivity contribution in [2.45, 2.75) is 25.3 Å². The second kappa shape index (κ2) is 10.2. The zero-order valence-electron chi connectivity index (χ0n) is 19.4. The summed E-state index contributed by atoms with van der Waals surface area (Å²) in [7, 11) is -3.61. The van der Waals surface area contributed by atoms with Gasteiger partial charge < -0.3 is 15.5 Å². The Bertz CT molecular complexity index is 1220. The number of sulfonamides is 1. The lowest BCUT2D eigenvalue weighted by Gasteiger charge is -2.36. The number of pyridine rings is 1. The molecule has 4 rings (SSSR count). The lowest BCUT2D eigenvalue weighted by molar-refractivity contribution is 0.251. The van der Waals surface area contributed by atoms with Crippen LogP contribution in [0.3, 0.4) is 0 Å². The van der Waals surface area contributed by atoms with Gasteiger partial charge >= 0.3 is 6.03 Å². The Hall–Kier alpha value is -3.43. The van der Waals surface area contributed by atoms with Crippen molar-refractivity contribution in [3.8, 4) is 0 Å². The summed E-state index contributed by atoms with van der Waals surface area (Å²) in [5, 5.41) is 5.47. The first-order valence-corrected chi connectivity index (χ1v) is 12.6. The Morgan fingerprint density at radius 3 is 2.24 bits per heavy atom. The van der Waals surface area contributed by atoms with Crippen LogP contribution in [0.1, 0.15) is 16.7 Å². The molecule has 34 heavy (non-hydrogen) atoms. The first-order chi connectivity index (χ1) is 16.3. The normalized spacial score (nSPS) is 14.6. The van der Waals surface area contributed by atoms with Crippen LogP contribution in [-0.2, 0) is 16.6 Å². The van der Waals surface area contributed by atoms with Crippen LogP contribution in [0.25, 0.3) is 0 Å². The molecule has 9 heteroatoms. The van der Waals surface area contributed by atoms with Crippen molar-refractivity contribution in [3.05, 3.63) is 83.7 Å². The molecule has 0 spiro atoms. The molecule has 0 unspecified atom stereocenters. The highest BCUT2D eigenvalue weighted by molar-refractivity contribution is 7.89. The van der Waals surface area contributed by atoms with E-state index in [1.165, 1.54) is 33.3 Å². The van der Waals surface area contributed by atoms with E-state index in [1.807, 2.05) is 12.1 Å². The van der Waals surface area contributed by atoms with Crippen LogP contribution in [0.5, 0.6) is 0 Å². The summed E-state index contributed by atoms with van der Waals surface area (Å²) in [5.41, 5.74) is 4.99. The Labute approximate surface area is 200 Å². The number of anilines is 2. The molecule has 1 saturated heterocycles. The molecule has 8 nitrogen and oxygen atoms in total. The lowest BCUT2D eigenvalue weighted by atomic mass is 10.1. The number of nitrogens with one attached hydrogen (secondary N) is 2. The number of benzene rings is 2. The van der Waals surface area contributed by atoms with Crippen molar-refractivity contribution in [1.82, 2.24) is 14.6 Å². The van der Waals surface area contributed by atoms with E-state index in [0.717, 1.165) is 5.56 Å². The lowest BCUT2D eigenvalue weighted by Crippen LogP contribution is -2.49. The van der Waals surface area contributed by atoms with Crippen LogP contribution >= 0.6 is 0 Å². The summed E-state index contributed by atoms with van der Waals surface area (Å²) in [6.07, 6.45) is 3.35. The van der Waals surface area contributed by atoms with Gasteiger partial charge in [0.25, 0.3) is 0 Å². The fourth-order valence-electron chi connectivity index (χ4n) is 4.18. The van der Waals surface area contributed by atoms with Crippen molar-refractivity contribution in [1.29, 1.82) is 0 Å². The molecule has 1 fully saturated rings. The maximum atomic E-state index is 13.2. The number of carbonyl (C=O) groups is 1. The summed E-state index contributed by atoms with van der Waals surface area (Å²) in [6.45, 7) is 6.64. The molecule has 2 N–H and O–H groups in total. The predicted octanol–water partition coefficient (Wildman–Crippen LogP) is 3.53. The smallest absolute Gasteiger partial charge is 0.319 e. The Morgan fingerprint density at radius 2 is 1.62 bits per heavy atom. The predicted molar refractivity (Wildman–Crippen MR) is 133 cm³/mol. The molecule has 1 aliphatic heterocycles. The van der Waals surface area contributed by atoms with E-state index in [0.29, 0.717) is 38.4 Å². The molecule has 0 radical (unpaired) electrons. The topological polar surface area (TPSA) is 94.6 Å². The van der Waals surface area contributed by atoms with E-state index in [-0.39, 0.29) is 10.9 Å². The zero-order valence-corrected chi connectivity index (χ0v) is 20.2. The SMILES string of the molecule is Cc1cccc(C)c1N1CCN(S(=O)(=O)c2ccc(NC(=O)NCc3cccnc3)cc2)CC1. The second-order valence-corrected chi connectivity index (χ2v) is 10.3. The van der Waals surface area contributed by atoms with Gasteiger partial charge in [-0.2, -0.15) is 4.31 Å². The van der Waals surface area contributed by atoms with E-state index in [9.17, 15) is 13.2 Å². The van der Waals surface area contributed by atoms with Gasteiger partial charge in [-0.15, -0.1) is 0 Å². The molecule has 2 heterocycles. The third kappa shape index (κ3) is 5.37. The zero-order chi connectivity index (χ0) is 24.1. The monoisotopic (exact) mass is 479 g/mol. The quantitative estimate of drug-likeness (QED) is 0.564. The average molecular weight is 480 g/mol. The van der Waals surface area contributed by atoms with Crippen LogP contribution in [-0.4, -0.2) is 49.9 Å². The third-order valence-corrected chi connectivity index (χ3v) is 7.83. The number of carbonyl (C=O) groups excluding carboxylic acids is 1. The highest BCUT2D eigenvalue weighted by Crippen LogP contribution is 2.27. The minimum atomic E-state index is -3.61. The summed E-state index contributed by atoms with van der Waals surface area (Å²) >= 11 is 0. The van der Waals surface area contributed by atoms with E-state index in [2.05, 4.69) is 46.5 Å². The maximum Gasteiger partial charge on any atom is 0.319 e. The molecule has 0 saturated carbocycles. The van der Waals surface area contributed by atoms with Gasteiger partial charge in [0.05, 0.1) is 4.90 Å². The number of nitrogens with zero attached hydrogens (tertiary/aromatic N) is 3. The minimum absolute atomic E-state index is 0.217. The molecule has 0 aliphatic carbocycles. The molecule has 2 amide bonds. The van der Waals surface area contributed by atoms with E-state index < -0.39 is 10.0 Å². The number of rotatable bonds is 6. The Morgan fingerprint density at radius 1 is 0.941 bits per heavy atom. The van der Waals surface area contributed by atoms with Crippen molar-refractivity contribution in [3.63, 3.8) is 0 Å². The Balaban J connectivity index is 1.34. The van der Waals surface area contributed by atoms with Gasteiger partial charge in [-0.3, -0.25) is 4.98 Å². The molecular weight excluding hydrogens is 450 g/mol. The van der Waals surface area contributed by atoms with Gasteiger partial charge in [0.1, 0.15) is 0 Å². The number of urea groups is 1. The number of amides is 2. The van der Waals surface area contributed by atoms with E-state index in [1.54, 1.807) is 30.6 Å². The van der Waals surface area contributed by atoms with E-state index >= 15 is 0 Å². The second-order valence-electron chi connectivity index (χ2n) is 8.32. The largest absolute Gasteiger partial charge is 0.368 e. The molecule has 0 bridgehead atoms. The maximum absolute atomic E-state index is 13.2.